The number of carbonyl (C=O) groups is 1. The van der Waals surface area contributed by atoms with E-state index in [1.807, 2.05) is 0 Å². The van der Waals surface area contributed by atoms with Crippen molar-refractivity contribution in [1.29, 1.82) is 0 Å². The molecule has 8 heteroatoms. The molecular formula is C13H17ClN2O4S. The number of hydrogen-bond acceptors (Lipinski definition) is 4. The molecule has 1 fully saturated rings. The van der Waals surface area contributed by atoms with Gasteiger partial charge >= 0.3 is 0 Å². The van der Waals surface area contributed by atoms with Crippen LogP contribution in [-0.4, -0.2) is 45.9 Å². The molecule has 0 aliphatic carbocycles. The maximum atomic E-state index is 11.9. The van der Waals surface area contributed by atoms with Crippen molar-refractivity contribution in [3.8, 4) is 0 Å². The highest BCUT2D eigenvalue weighted by Gasteiger charge is 2.28. The fraction of sp³-hybridized carbons (Fsp3) is 0.462. The summed E-state index contributed by atoms with van der Waals surface area (Å²) < 4.78 is 30.7. The van der Waals surface area contributed by atoms with Crippen molar-refractivity contribution in [3.63, 3.8) is 0 Å². The number of nitrogens with zero attached hydrogens (tertiary/aromatic N) is 1. The summed E-state index contributed by atoms with van der Waals surface area (Å²) in [5, 5.41) is 0.537. The van der Waals surface area contributed by atoms with Crippen LogP contribution in [0, 0.1) is 0 Å². The van der Waals surface area contributed by atoms with Crippen molar-refractivity contribution in [1.82, 2.24) is 4.72 Å². The van der Waals surface area contributed by atoms with E-state index in [2.05, 4.69) is 4.72 Å². The SMILES string of the molecule is CCS(=O)(=O)NCC1CN(c2cccc(Cl)c2)C(=O)CO1. The third-order valence-electron chi connectivity index (χ3n) is 3.16. The Morgan fingerprint density at radius 2 is 2.24 bits per heavy atom. The second kappa shape index (κ2) is 6.74. The lowest BCUT2D eigenvalue weighted by molar-refractivity contribution is -0.129. The number of benzene rings is 1. The summed E-state index contributed by atoms with van der Waals surface area (Å²) in [5.74, 6) is -0.164. The van der Waals surface area contributed by atoms with Crippen LogP contribution >= 0.6 is 11.6 Å². The highest BCUT2D eigenvalue weighted by atomic mass is 35.5. The first-order valence-electron chi connectivity index (χ1n) is 6.56. The average Bonchev–Trinajstić information content (AvgIpc) is 2.46. The quantitative estimate of drug-likeness (QED) is 0.873. The third-order valence-corrected chi connectivity index (χ3v) is 4.76. The first-order chi connectivity index (χ1) is 9.91. The van der Waals surface area contributed by atoms with Crippen LogP contribution in [-0.2, 0) is 19.6 Å². The molecule has 1 aliphatic heterocycles. The van der Waals surface area contributed by atoms with Crippen LogP contribution in [0.4, 0.5) is 5.69 Å². The van der Waals surface area contributed by atoms with E-state index in [0.29, 0.717) is 10.7 Å². The van der Waals surface area contributed by atoms with Crippen molar-refractivity contribution in [3.05, 3.63) is 29.3 Å². The Balaban J connectivity index is 2.04. The van der Waals surface area contributed by atoms with Crippen molar-refractivity contribution < 1.29 is 17.9 Å². The van der Waals surface area contributed by atoms with E-state index in [-0.39, 0.29) is 37.5 Å². The first kappa shape index (κ1) is 16.2. The number of anilines is 1. The topological polar surface area (TPSA) is 75.7 Å². The van der Waals surface area contributed by atoms with E-state index < -0.39 is 10.0 Å². The molecule has 21 heavy (non-hydrogen) atoms. The standard InChI is InChI=1S/C13H17ClN2O4S/c1-2-21(18,19)15-7-12-8-16(13(17)9-20-12)11-5-3-4-10(14)6-11/h3-6,12,15H,2,7-9H2,1H3. The molecule has 1 unspecified atom stereocenters. The second-order valence-electron chi connectivity index (χ2n) is 4.67. The van der Waals surface area contributed by atoms with Gasteiger partial charge < -0.3 is 9.64 Å². The summed E-state index contributed by atoms with van der Waals surface area (Å²) >= 11 is 5.93. The average molecular weight is 333 g/mol. The molecule has 0 aromatic heterocycles. The van der Waals surface area contributed by atoms with E-state index >= 15 is 0 Å². The Kier molecular flexibility index (Phi) is 5.21. The Morgan fingerprint density at radius 3 is 2.90 bits per heavy atom. The normalized spacial score (nSPS) is 19.8. The third kappa shape index (κ3) is 4.41. The van der Waals surface area contributed by atoms with Gasteiger partial charge in [0.1, 0.15) is 6.61 Å². The lowest BCUT2D eigenvalue weighted by atomic mass is 10.2. The monoisotopic (exact) mass is 332 g/mol. The van der Waals surface area contributed by atoms with Crippen molar-refractivity contribution in [2.75, 3.05) is 30.3 Å². The molecule has 1 aromatic carbocycles. The molecule has 1 aromatic rings. The summed E-state index contributed by atoms with van der Waals surface area (Å²) in [6.45, 7) is 1.91. The summed E-state index contributed by atoms with van der Waals surface area (Å²) in [4.78, 5) is 13.5. The maximum absolute atomic E-state index is 11.9. The van der Waals surface area contributed by atoms with Crippen LogP contribution in [0.5, 0.6) is 0 Å². The molecule has 0 spiro atoms. The fourth-order valence-corrected chi connectivity index (χ4v) is 2.79. The Hall–Kier alpha value is -1.15. The van der Waals surface area contributed by atoms with Gasteiger partial charge in [-0.15, -0.1) is 0 Å². The fourth-order valence-electron chi connectivity index (χ4n) is 1.96. The van der Waals surface area contributed by atoms with Crippen LogP contribution in [0.1, 0.15) is 6.92 Å². The largest absolute Gasteiger partial charge is 0.365 e. The molecule has 1 atom stereocenters. The molecule has 0 radical (unpaired) electrons. The number of halogens is 1. The van der Waals surface area contributed by atoms with E-state index in [9.17, 15) is 13.2 Å². The predicted molar refractivity (Wildman–Crippen MR) is 81.0 cm³/mol. The zero-order valence-electron chi connectivity index (χ0n) is 11.6. The van der Waals surface area contributed by atoms with Crippen molar-refractivity contribution in [2.24, 2.45) is 0 Å². The molecule has 0 saturated carbocycles. The molecule has 116 valence electrons. The number of sulfonamides is 1. The number of ether oxygens (including phenoxy) is 1. The van der Waals surface area contributed by atoms with Gasteiger partial charge in [0, 0.05) is 17.3 Å². The Bertz CT molecular complexity index is 620. The van der Waals surface area contributed by atoms with Gasteiger partial charge in [-0.2, -0.15) is 0 Å². The lowest BCUT2D eigenvalue weighted by Gasteiger charge is -2.32. The lowest BCUT2D eigenvalue weighted by Crippen LogP contribution is -2.50. The van der Waals surface area contributed by atoms with Gasteiger partial charge in [0.25, 0.3) is 5.91 Å². The second-order valence-corrected chi connectivity index (χ2v) is 7.20. The van der Waals surface area contributed by atoms with Crippen LogP contribution in [0.15, 0.2) is 24.3 Å². The number of morpholine rings is 1. The smallest absolute Gasteiger partial charge is 0.253 e. The minimum atomic E-state index is -3.28. The minimum Gasteiger partial charge on any atom is -0.365 e. The van der Waals surface area contributed by atoms with Crippen LogP contribution in [0.25, 0.3) is 0 Å². The summed E-state index contributed by atoms with van der Waals surface area (Å²) in [6, 6.07) is 6.96. The summed E-state index contributed by atoms with van der Waals surface area (Å²) in [7, 11) is -3.28. The van der Waals surface area contributed by atoms with Crippen LogP contribution in [0.3, 0.4) is 0 Å². The van der Waals surface area contributed by atoms with E-state index in [0.717, 1.165) is 0 Å². The van der Waals surface area contributed by atoms with Gasteiger partial charge in [0.2, 0.25) is 10.0 Å². The number of carbonyl (C=O) groups excluding carboxylic acids is 1. The number of amides is 1. The molecule has 0 bridgehead atoms. The molecule has 1 N–H and O–H groups in total. The van der Waals surface area contributed by atoms with Gasteiger partial charge in [-0.25, -0.2) is 13.1 Å². The summed E-state index contributed by atoms with van der Waals surface area (Å²) in [6.07, 6.45) is -0.386. The zero-order valence-corrected chi connectivity index (χ0v) is 13.2. The number of rotatable bonds is 5. The van der Waals surface area contributed by atoms with Crippen molar-refractivity contribution in [2.45, 2.75) is 13.0 Å². The van der Waals surface area contributed by atoms with Gasteiger partial charge in [0.15, 0.2) is 0 Å². The molecule has 1 saturated heterocycles. The Labute approximate surface area is 129 Å². The van der Waals surface area contributed by atoms with Gasteiger partial charge in [0.05, 0.1) is 18.4 Å². The minimum absolute atomic E-state index is 0.0106. The number of nitrogens with one attached hydrogen (secondary N) is 1. The van der Waals surface area contributed by atoms with E-state index in [4.69, 9.17) is 16.3 Å². The molecule has 1 heterocycles. The zero-order chi connectivity index (χ0) is 15.5. The maximum Gasteiger partial charge on any atom is 0.253 e. The molecule has 1 amide bonds. The molecular weight excluding hydrogens is 316 g/mol. The van der Waals surface area contributed by atoms with Crippen LogP contribution < -0.4 is 9.62 Å². The van der Waals surface area contributed by atoms with Gasteiger partial charge in [-0.3, -0.25) is 4.79 Å². The molecule has 6 nitrogen and oxygen atoms in total. The van der Waals surface area contributed by atoms with E-state index in [1.165, 1.54) is 0 Å². The highest BCUT2D eigenvalue weighted by Crippen LogP contribution is 2.22. The number of hydrogen-bond donors (Lipinski definition) is 1. The summed E-state index contributed by atoms with van der Waals surface area (Å²) in [5.41, 5.74) is 0.680. The van der Waals surface area contributed by atoms with E-state index in [1.54, 1.807) is 36.1 Å². The highest BCUT2D eigenvalue weighted by molar-refractivity contribution is 7.89. The Morgan fingerprint density at radius 1 is 1.48 bits per heavy atom. The van der Waals surface area contributed by atoms with Gasteiger partial charge in [-0.1, -0.05) is 17.7 Å². The van der Waals surface area contributed by atoms with Gasteiger partial charge in [-0.05, 0) is 25.1 Å². The molecule has 1 aliphatic rings. The van der Waals surface area contributed by atoms with Crippen LogP contribution in [0.2, 0.25) is 5.02 Å². The first-order valence-corrected chi connectivity index (χ1v) is 8.59. The molecule has 2 rings (SSSR count). The van der Waals surface area contributed by atoms with Crippen molar-refractivity contribution >= 4 is 33.2 Å². The predicted octanol–water partition coefficient (Wildman–Crippen LogP) is 1.01.